The van der Waals surface area contributed by atoms with Gasteiger partial charge in [-0.05, 0) is 62.3 Å². The zero-order chi connectivity index (χ0) is 18.0. The molecule has 25 heavy (non-hydrogen) atoms. The van der Waals surface area contributed by atoms with Gasteiger partial charge in [0.15, 0.2) is 0 Å². The normalized spacial score (nSPS) is 27.7. The Bertz CT molecular complexity index is 580. The number of benzene rings is 1. The van der Waals surface area contributed by atoms with Gasteiger partial charge in [-0.3, -0.25) is 0 Å². The Morgan fingerprint density at radius 3 is 2.20 bits per heavy atom. The van der Waals surface area contributed by atoms with E-state index in [1.165, 1.54) is 6.42 Å². The lowest BCUT2D eigenvalue weighted by Crippen LogP contribution is -2.63. The predicted octanol–water partition coefficient (Wildman–Crippen LogP) is 5.80. The zero-order valence-electron chi connectivity index (χ0n) is 14.4. The summed E-state index contributed by atoms with van der Waals surface area (Å²) in [7, 11) is 0. The SMILES string of the molecule is CC1CC2C[C@@H](C1)N2C(=O)Nc1ccc(Cl)cc1.FC(F)C1CCC1. The maximum atomic E-state index is 12.2. The molecule has 2 saturated carbocycles. The summed E-state index contributed by atoms with van der Waals surface area (Å²) in [6.45, 7) is 2.27. The Morgan fingerprint density at radius 1 is 1.16 bits per heavy atom. The minimum Gasteiger partial charge on any atom is -0.318 e. The number of fused-ring (bicyclic) bond motifs is 2. The molecule has 0 radical (unpaired) electrons. The van der Waals surface area contributed by atoms with Gasteiger partial charge in [-0.2, -0.15) is 0 Å². The number of carbonyl (C=O) groups is 1. The Hall–Kier alpha value is -1.36. The molecule has 3 atom stereocenters. The first-order chi connectivity index (χ1) is 11.9. The number of carbonyl (C=O) groups excluding carboxylic acids is 1. The largest absolute Gasteiger partial charge is 0.322 e. The van der Waals surface area contributed by atoms with Crippen LogP contribution < -0.4 is 5.32 Å². The highest BCUT2D eigenvalue weighted by Crippen LogP contribution is 2.41. The second-order valence-corrected chi connectivity index (χ2v) is 7.93. The summed E-state index contributed by atoms with van der Waals surface area (Å²) in [5.74, 6) is 0.508. The van der Waals surface area contributed by atoms with Crippen LogP contribution in [0.25, 0.3) is 0 Å². The van der Waals surface area contributed by atoms with E-state index in [9.17, 15) is 13.6 Å². The molecule has 1 aromatic carbocycles. The second kappa shape index (κ2) is 7.90. The molecular formula is C19H25ClF2N2O. The van der Waals surface area contributed by atoms with E-state index in [0.29, 0.717) is 17.1 Å². The van der Waals surface area contributed by atoms with E-state index in [1.54, 1.807) is 12.1 Å². The molecule has 2 aliphatic carbocycles. The summed E-state index contributed by atoms with van der Waals surface area (Å²) in [5, 5.41) is 3.63. The third-order valence-corrected chi connectivity index (χ3v) is 5.77. The average molecular weight is 371 g/mol. The van der Waals surface area contributed by atoms with Crippen molar-refractivity contribution < 1.29 is 13.6 Å². The quantitative estimate of drug-likeness (QED) is 0.701. The highest BCUT2D eigenvalue weighted by Gasteiger charge is 2.46. The first kappa shape index (κ1) is 18.4. The minimum absolute atomic E-state index is 0.0328. The summed E-state index contributed by atoms with van der Waals surface area (Å²) in [6.07, 6.45) is 3.92. The molecule has 0 spiro atoms. The Balaban J connectivity index is 0.000000219. The van der Waals surface area contributed by atoms with Crippen LogP contribution in [0.3, 0.4) is 0 Å². The molecule has 2 heterocycles. The van der Waals surface area contributed by atoms with Crippen molar-refractivity contribution in [1.29, 1.82) is 0 Å². The topological polar surface area (TPSA) is 32.3 Å². The number of nitrogens with one attached hydrogen (secondary N) is 1. The fraction of sp³-hybridized carbons (Fsp3) is 0.632. The van der Waals surface area contributed by atoms with Crippen LogP contribution in [-0.4, -0.2) is 29.4 Å². The van der Waals surface area contributed by atoms with Crippen LogP contribution in [0.5, 0.6) is 0 Å². The van der Waals surface area contributed by atoms with Crippen LogP contribution in [-0.2, 0) is 0 Å². The van der Waals surface area contributed by atoms with Crippen molar-refractivity contribution in [3.05, 3.63) is 29.3 Å². The van der Waals surface area contributed by atoms with Gasteiger partial charge in [0, 0.05) is 28.7 Å². The van der Waals surface area contributed by atoms with Crippen LogP contribution in [0.15, 0.2) is 24.3 Å². The van der Waals surface area contributed by atoms with E-state index in [-0.39, 0.29) is 11.9 Å². The van der Waals surface area contributed by atoms with Crippen molar-refractivity contribution in [1.82, 2.24) is 4.90 Å². The molecule has 2 bridgehead atoms. The predicted molar refractivity (Wildman–Crippen MR) is 96.2 cm³/mol. The van der Waals surface area contributed by atoms with Crippen LogP contribution in [0.2, 0.25) is 5.02 Å². The third-order valence-electron chi connectivity index (χ3n) is 5.52. The fourth-order valence-corrected chi connectivity index (χ4v) is 4.02. The number of urea groups is 1. The van der Waals surface area contributed by atoms with Gasteiger partial charge in [-0.1, -0.05) is 24.9 Å². The smallest absolute Gasteiger partial charge is 0.318 e. The maximum absolute atomic E-state index is 12.2. The van der Waals surface area contributed by atoms with Gasteiger partial charge in [-0.15, -0.1) is 0 Å². The first-order valence-corrected chi connectivity index (χ1v) is 9.45. The van der Waals surface area contributed by atoms with E-state index >= 15 is 0 Å². The van der Waals surface area contributed by atoms with E-state index in [0.717, 1.165) is 43.7 Å². The van der Waals surface area contributed by atoms with Crippen molar-refractivity contribution in [2.45, 2.75) is 64.0 Å². The lowest BCUT2D eigenvalue weighted by atomic mass is 9.74. The van der Waals surface area contributed by atoms with Gasteiger partial charge in [0.1, 0.15) is 0 Å². The summed E-state index contributed by atoms with van der Waals surface area (Å²) < 4.78 is 23.0. The van der Waals surface area contributed by atoms with E-state index < -0.39 is 6.43 Å². The number of hydrogen-bond donors (Lipinski definition) is 1. The summed E-state index contributed by atoms with van der Waals surface area (Å²) >= 11 is 5.82. The summed E-state index contributed by atoms with van der Waals surface area (Å²) in [5.41, 5.74) is 0.808. The summed E-state index contributed by atoms with van der Waals surface area (Å²) in [4.78, 5) is 14.2. The number of amides is 2. The van der Waals surface area contributed by atoms with Crippen LogP contribution >= 0.6 is 11.6 Å². The molecule has 6 heteroatoms. The van der Waals surface area contributed by atoms with Gasteiger partial charge in [0.05, 0.1) is 0 Å². The zero-order valence-corrected chi connectivity index (χ0v) is 15.2. The number of nitrogens with zero attached hydrogens (tertiary/aromatic N) is 1. The van der Waals surface area contributed by atoms with E-state index in [2.05, 4.69) is 12.2 Å². The van der Waals surface area contributed by atoms with Crippen LogP contribution in [0.1, 0.15) is 45.4 Å². The van der Waals surface area contributed by atoms with Gasteiger partial charge >= 0.3 is 6.03 Å². The second-order valence-electron chi connectivity index (χ2n) is 7.49. The van der Waals surface area contributed by atoms with Crippen molar-refractivity contribution in [2.75, 3.05) is 5.32 Å². The Morgan fingerprint density at radius 2 is 1.76 bits per heavy atom. The Labute approximate surface area is 152 Å². The fourth-order valence-electron chi connectivity index (χ4n) is 3.89. The van der Waals surface area contributed by atoms with Gasteiger partial charge < -0.3 is 10.2 Å². The molecule has 1 N–H and O–H groups in total. The molecule has 0 aromatic heterocycles. The molecule has 138 valence electrons. The Kier molecular flexibility index (Phi) is 5.82. The van der Waals surface area contributed by atoms with Crippen molar-refractivity contribution in [2.24, 2.45) is 11.8 Å². The molecule has 3 nitrogen and oxygen atoms in total. The lowest BCUT2D eigenvalue weighted by molar-refractivity contribution is -0.00601. The monoisotopic (exact) mass is 370 g/mol. The van der Waals surface area contributed by atoms with E-state index in [1.807, 2.05) is 17.0 Å². The van der Waals surface area contributed by atoms with Gasteiger partial charge in [-0.25, -0.2) is 13.6 Å². The molecule has 2 unspecified atom stereocenters. The van der Waals surface area contributed by atoms with Crippen molar-refractivity contribution >= 4 is 23.3 Å². The lowest BCUT2D eigenvalue weighted by Gasteiger charge is -2.54. The third kappa shape index (κ3) is 4.43. The minimum atomic E-state index is -2.05. The maximum Gasteiger partial charge on any atom is 0.322 e. The molecule has 5 rings (SSSR count). The molecule has 2 amide bonds. The molecular weight excluding hydrogens is 346 g/mol. The van der Waals surface area contributed by atoms with Gasteiger partial charge in [0.25, 0.3) is 0 Å². The molecule has 4 aliphatic rings. The van der Waals surface area contributed by atoms with Crippen LogP contribution in [0.4, 0.5) is 19.3 Å². The summed E-state index contributed by atoms with van der Waals surface area (Å²) in [6, 6.07) is 8.17. The number of anilines is 1. The van der Waals surface area contributed by atoms with Gasteiger partial charge in [0.2, 0.25) is 6.43 Å². The van der Waals surface area contributed by atoms with E-state index in [4.69, 9.17) is 11.6 Å². The molecule has 2 aliphatic heterocycles. The molecule has 2 saturated heterocycles. The number of rotatable bonds is 2. The molecule has 4 fully saturated rings. The van der Waals surface area contributed by atoms with Crippen molar-refractivity contribution in [3.8, 4) is 0 Å². The highest BCUT2D eigenvalue weighted by atomic mass is 35.5. The molecule has 1 aromatic rings. The number of alkyl halides is 2. The number of piperidine rings is 1. The number of hydrogen-bond acceptors (Lipinski definition) is 1. The highest BCUT2D eigenvalue weighted by molar-refractivity contribution is 6.30. The first-order valence-electron chi connectivity index (χ1n) is 9.07. The average Bonchev–Trinajstić information content (AvgIpc) is 2.47. The standard InChI is InChI=1S/C14H17ClN2O.C5H8F2/c1-9-6-12-8-13(7-9)17(12)14(18)16-11-4-2-10(15)3-5-11;6-5(7)4-2-1-3-4/h2-5,9,12-13H,6-8H2,1H3,(H,16,18);4-5H,1-3H2/t9?,12-,13?;/m1./s1. The van der Waals surface area contributed by atoms with Crippen molar-refractivity contribution in [3.63, 3.8) is 0 Å². The number of halogens is 3. The van der Waals surface area contributed by atoms with Crippen LogP contribution in [0, 0.1) is 11.8 Å².